The van der Waals surface area contributed by atoms with E-state index in [0.717, 1.165) is 19.2 Å². The summed E-state index contributed by atoms with van der Waals surface area (Å²) in [5, 5.41) is 9.36. The fourth-order valence-electron chi connectivity index (χ4n) is 3.69. The SMILES string of the molecule is CC1COc2c(N3CCN(C)CC3)c(F)cc3c(=O)c(C(=O)O)cn1c23.[Ag]. The van der Waals surface area contributed by atoms with Gasteiger partial charge in [-0.05, 0) is 20.0 Å². The molecule has 4 rings (SSSR count). The molecule has 0 bridgehead atoms. The number of carboxylic acids is 1. The minimum Gasteiger partial charge on any atom is -0.487 e. The molecule has 1 atom stereocenters. The number of carbonyl (C=O) groups is 1. The van der Waals surface area contributed by atoms with Gasteiger partial charge < -0.3 is 24.2 Å². The first kappa shape index (κ1) is 19.9. The molecule has 9 heteroatoms. The van der Waals surface area contributed by atoms with Crippen molar-refractivity contribution in [3.05, 3.63) is 33.9 Å². The molecule has 2 aliphatic rings. The van der Waals surface area contributed by atoms with E-state index in [2.05, 4.69) is 4.90 Å². The van der Waals surface area contributed by atoms with E-state index in [1.54, 1.807) is 4.57 Å². The van der Waals surface area contributed by atoms with E-state index < -0.39 is 17.2 Å². The van der Waals surface area contributed by atoms with Crippen molar-refractivity contribution in [2.45, 2.75) is 13.0 Å². The molecule has 1 saturated heterocycles. The molecule has 1 N–H and O–H groups in total. The average Bonchev–Trinajstić information content (AvgIpc) is 2.60. The van der Waals surface area contributed by atoms with Crippen molar-refractivity contribution >= 4 is 22.6 Å². The zero-order chi connectivity index (χ0) is 18.6. The molecule has 0 aliphatic carbocycles. The van der Waals surface area contributed by atoms with Crippen molar-refractivity contribution in [3.8, 4) is 5.75 Å². The molecule has 1 aromatic heterocycles. The van der Waals surface area contributed by atoms with Gasteiger partial charge in [0.1, 0.15) is 17.9 Å². The van der Waals surface area contributed by atoms with Crippen LogP contribution in [0.3, 0.4) is 0 Å². The van der Waals surface area contributed by atoms with E-state index in [4.69, 9.17) is 4.74 Å². The monoisotopic (exact) mass is 468 g/mol. The van der Waals surface area contributed by atoms with Crippen LogP contribution in [0.25, 0.3) is 10.9 Å². The number of pyridine rings is 1. The predicted octanol–water partition coefficient (Wildman–Crippen LogP) is 1.54. The van der Waals surface area contributed by atoms with E-state index >= 15 is 0 Å². The fourth-order valence-corrected chi connectivity index (χ4v) is 3.69. The largest absolute Gasteiger partial charge is 0.487 e. The van der Waals surface area contributed by atoms with E-state index in [1.807, 2.05) is 18.9 Å². The molecule has 0 amide bonds. The van der Waals surface area contributed by atoms with Crippen LogP contribution < -0.4 is 15.1 Å². The quantitative estimate of drug-likeness (QED) is 0.674. The van der Waals surface area contributed by atoms with Crippen LogP contribution in [-0.4, -0.2) is 60.4 Å². The maximum atomic E-state index is 15.0. The van der Waals surface area contributed by atoms with Crippen LogP contribution in [0, 0.1) is 5.82 Å². The Morgan fingerprint density at radius 3 is 2.59 bits per heavy atom. The van der Waals surface area contributed by atoms with Crippen molar-refractivity contribution in [2.75, 3.05) is 44.7 Å². The number of hydrogen-bond acceptors (Lipinski definition) is 5. The van der Waals surface area contributed by atoms with Gasteiger partial charge in [0.15, 0.2) is 11.6 Å². The fraction of sp³-hybridized carbons (Fsp3) is 0.444. The number of rotatable bonds is 2. The molecular formula is C18H20AgFN3O4. The molecular weight excluding hydrogens is 449 g/mol. The van der Waals surface area contributed by atoms with Gasteiger partial charge in [-0.1, -0.05) is 0 Å². The van der Waals surface area contributed by atoms with Gasteiger partial charge >= 0.3 is 5.97 Å². The van der Waals surface area contributed by atoms with Gasteiger partial charge in [-0.3, -0.25) is 4.79 Å². The van der Waals surface area contributed by atoms with Gasteiger partial charge in [-0.25, -0.2) is 9.18 Å². The van der Waals surface area contributed by atoms with Gasteiger partial charge in [-0.15, -0.1) is 0 Å². The third kappa shape index (κ3) is 3.16. The summed E-state index contributed by atoms with van der Waals surface area (Å²) >= 11 is 0. The molecule has 0 spiro atoms. The minimum absolute atomic E-state index is 0. The summed E-state index contributed by atoms with van der Waals surface area (Å²) in [6.45, 7) is 5.08. The summed E-state index contributed by atoms with van der Waals surface area (Å²) in [5.74, 6) is -1.54. The predicted molar refractivity (Wildman–Crippen MR) is 95.0 cm³/mol. The number of anilines is 1. The van der Waals surface area contributed by atoms with Gasteiger partial charge in [0, 0.05) is 54.8 Å². The van der Waals surface area contributed by atoms with Crippen molar-refractivity contribution < 1.29 is 41.4 Å². The Balaban J connectivity index is 0.00000210. The maximum Gasteiger partial charge on any atom is 0.341 e. The van der Waals surface area contributed by atoms with E-state index in [0.29, 0.717) is 30.0 Å². The van der Waals surface area contributed by atoms with Crippen molar-refractivity contribution in [2.24, 2.45) is 0 Å². The normalized spacial score (nSPS) is 19.5. The van der Waals surface area contributed by atoms with Crippen LogP contribution in [0.2, 0.25) is 0 Å². The summed E-state index contributed by atoms with van der Waals surface area (Å²) in [7, 11) is 2.02. The number of nitrogens with zero attached hydrogens (tertiary/aromatic N) is 3. The Morgan fingerprint density at radius 1 is 1.30 bits per heavy atom. The van der Waals surface area contributed by atoms with Gasteiger partial charge in [0.25, 0.3) is 0 Å². The van der Waals surface area contributed by atoms with E-state index in [1.165, 1.54) is 6.20 Å². The minimum atomic E-state index is -1.32. The third-order valence-corrected chi connectivity index (χ3v) is 5.19. The Morgan fingerprint density at radius 2 is 1.96 bits per heavy atom. The van der Waals surface area contributed by atoms with Crippen molar-refractivity contribution in [1.29, 1.82) is 0 Å². The first-order valence-corrected chi connectivity index (χ1v) is 8.59. The number of aromatic nitrogens is 1. The number of hydrogen-bond donors (Lipinski definition) is 1. The third-order valence-electron chi connectivity index (χ3n) is 5.19. The second-order valence-electron chi connectivity index (χ2n) is 6.97. The Hall–Kier alpha value is -1.87. The summed E-state index contributed by atoms with van der Waals surface area (Å²) in [4.78, 5) is 28.1. The molecule has 7 nitrogen and oxygen atoms in total. The first-order valence-electron chi connectivity index (χ1n) is 8.59. The van der Waals surface area contributed by atoms with Crippen LogP contribution in [0.1, 0.15) is 23.3 Å². The maximum absolute atomic E-state index is 15.0. The summed E-state index contributed by atoms with van der Waals surface area (Å²) in [6, 6.07) is 0.994. The zero-order valence-electron chi connectivity index (χ0n) is 15.0. The Kier molecular flexibility index (Phi) is 5.36. The summed E-state index contributed by atoms with van der Waals surface area (Å²) in [6.07, 6.45) is 1.34. The van der Waals surface area contributed by atoms with Crippen LogP contribution in [0.5, 0.6) is 5.75 Å². The second-order valence-corrected chi connectivity index (χ2v) is 6.97. The summed E-state index contributed by atoms with van der Waals surface area (Å²) in [5.41, 5.74) is -0.224. The van der Waals surface area contributed by atoms with E-state index in [-0.39, 0.29) is 46.0 Å². The van der Waals surface area contributed by atoms with Gasteiger partial charge in [0.05, 0.1) is 16.9 Å². The number of aromatic carboxylic acids is 1. The molecule has 2 aromatic rings. The summed E-state index contributed by atoms with van der Waals surface area (Å²) < 4.78 is 22.6. The number of ether oxygens (including phenoxy) is 1. The number of halogens is 1. The molecule has 1 radical (unpaired) electrons. The standard InChI is InChI=1S/C18H20FN3O4.Ag/c1-10-9-26-17-14-11(16(23)12(18(24)25)8-22(10)14)7-13(19)15(17)21-5-3-20(2)4-6-21;/h7-8,10H,3-6,9H2,1-2H3,(H,24,25);. The second kappa shape index (κ2) is 7.27. The number of piperazine rings is 1. The molecule has 1 unspecified atom stereocenters. The molecule has 3 heterocycles. The smallest absolute Gasteiger partial charge is 0.341 e. The average molecular weight is 469 g/mol. The first-order chi connectivity index (χ1) is 12.4. The Bertz CT molecular complexity index is 969. The van der Waals surface area contributed by atoms with Crippen molar-refractivity contribution in [3.63, 3.8) is 0 Å². The van der Waals surface area contributed by atoms with Crippen LogP contribution in [0.4, 0.5) is 10.1 Å². The molecule has 0 saturated carbocycles. The van der Waals surface area contributed by atoms with Gasteiger partial charge in [0.2, 0.25) is 5.43 Å². The van der Waals surface area contributed by atoms with Crippen LogP contribution in [-0.2, 0) is 22.4 Å². The molecule has 149 valence electrons. The zero-order valence-corrected chi connectivity index (χ0v) is 16.4. The number of likely N-dealkylation sites (N-methyl/N-ethyl adjacent to an activating group) is 1. The molecule has 1 aromatic carbocycles. The van der Waals surface area contributed by atoms with Crippen LogP contribution >= 0.6 is 0 Å². The van der Waals surface area contributed by atoms with Gasteiger partial charge in [-0.2, -0.15) is 0 Å². The molecule has 27 heavy (non-hydrogen) atoms. The molecule has 2 aliphatic heterocycles. The molecule has 1 fully saturated rings. The Labute approximate surface area is 170 Å². The van der Waals surface area contributed by atoms with E-state index in [9.17, 15) is 19.1 Å². The van der Waals surface area contributed by atoms with Crippen LogP contribution in [0.15, 0.2) is 17.1 Å². The topological polar surface area (TPSA) is 75.0 Å². The number of carboxylic acid groups (broad SMARTS) is 1. The number of benzene rings is 1. The van der Waals surface area contributed by atoms with Crippen molar-refractivity contribution in [1.82, 2.24) is 9.47 Å².